The van der Waals surface area contributed by atoms with Gasteiger partial charge in [0.05, 0.1) is 23.8 Å². The molecule has 1 unspecified atom stereocenters. The number of aromatic nitrogens is 3. The molecule has 3 aromatic heterocycles. The highest BCUT2D eigenvalue weighted by atomic mass is 16.5. The van der Waals surface area contributed by atoms with Gasteiger partial charge in [-0.3, -0.25) is 0 Å². The fourth-order valence-electron chi connectivity index (χ4n) is 4.55. The standard InChI is InChI=1S/C26H31N5O2/c1-6-25-29-21-14-22(32-5)17(13-23(21)33-25)18-7-8-20-19(27-18)9-10-24(28-20)31-12-11-16(15-31)30-26(2,3)4/h7-10,13-14,16,30H,6,11-12,15H2,1-5H3. The van der Waals surface area contributed by atoms with Crippen LogP contribution in [-0.4, -0.2) is 46.7 Å². The Hall–Kier alpha value is -3.19. The lowest BCUT2D eigenvalue weighted by molar-refractivity contribution is 0.373. The Morgan fingerprint density at radius 3 is 2.61 bits per heavy atom. The number of nitrogens with zero attached hydrogens (tertiary/aromatic N) is 4. The Morgan fingerprint density at radius 1 is 1.06 bits per heavy atom. The van der Waals surface area contributed by atoms with Crippen molar-refractivity contribution in [2.24, 2.45) is 0 Å². The normalized spacial score (nSPS) is 16.8. The van der Waals surface area contributed by atoms with Crippen LogP contribution in [0.3, 0.4) is 0 Å². The molecule has 5 rings (SSSR count). The lowest BCUT2D eigenvalue weighted by atomic mass is 10.1. The Labute approximate surface area is 194 Å². The number of fused-ring (bicyclic) bond motifs is 2. The van der Waals surface area contributed by atoms with Gasteiger partial charge < -0.3 is 19.4 Å². The molecule has 1 aromatic carbocycles. The highest BCUT2D eigenvalue weighted by Crippen LogP contribution is 2.34. The van der Waals surface area contributed by atoms with E-state index in [9.17, 15) is 0 Å². The Morgan fingerprint density at radius 2 is 1.85 bits per heavy atom. The van der Waals surface area contributed by atoms with Crippen LogP contribution in [0.1, 0.15) is 40.0 Å². The first-order valence-corrected chi connectivity index (χ1v) is 11.6. The maximum absolute atomic E-state index is 5.86. The molecule has 7 nitrogen and oxygen atoms in total. The van der Waals surface area contributed by atoms with Gasteiger partial charge in [-0.25, -0.2) is 15.0 Å². The van der Waals surface area contributed by atoms with Gasteiger partial charge in [0.25, 0.3) is 0 Å². The molecule has 1 aliphatic heterocycles. The van der Waals surface area contributed by atoms with E-state index in [1.807, 2.05) is 31.2 Å². The first-order chi connectivity index (χ1) is 15.8. The van der Waals surface area contributed by atoms with Crippen molar-refractivity contribution < 1.29 is 9.15 Å². The minimum atomic E-state index is 0.117. The van der Waals surface area contributed by atoms with E-state index in [0.29, 0.717) is 11.9 Å². The van der Waals surface area contributed by atoms with Crippen LogP contribution >= 0.6 is 0 Å². The minimum absolute atomic E-state index is 0.117. The molecule has 0 bridgehead atoms. The van der Waals surface area contributed by atoms with Crippen LogP contribution in [0.2, 0.25) is 0 Å². The first kappa shape index (κ1) is 21.6. The summed E-state index contributed by atoms with van der Waals surface area (Å²) < 4.78 is 11.5. The number of pyridine rings is 2. The van der Waals surface area contributed by atoms with Gasteiger partial charge in [-0.1, -0.05) is 6.92 Å². The van der Waals surface area contributed by atoms with Crippen molar-refractivity contribution in [1.82, 2.24) is 20.3 Å². The second-order valence-corrected chi connectivity index (χ2v) is 9.71. The number of rotatable bonds is 5. The van der Waals surface area contributed by atoms with E-state index in [1.165, 1.54) is 0 Å². The van der Waals surface area contributed by atoms with Crippen molar-refractivity contribution >= 4 is 28.0 Å². The number of oxazole rings is 1. The number of nitrogens with one attached hydrogen (secondary N) is 1. The summed E-state index contributed by atoms with van der Waals surface area (Å²) in [6, 6.07) is 12.5. The number of methoxy groups -OCH3 is 1. The van der Waals surface area contributed by atoms with Crippen molar-refractivity contribution in [3.63, 3.8) is 0 Å². The summed E-state index contributed by atoms with van der Waals surface area (Å²) in [7, 11) is 1.66. The fraction of sp³-hybridized carbons (Fsp3) is 0.423. The zero-order chi connectivity index (χ0) is 23.2. The maximum atomic E-state index is 5.86. The van der Waals surface area contributed by atoms with Crippen LogP contribution in [-0.2, 0) is 6.42 Å². The average Bonchev–Trinajstić information content (AvgIpc) is 3.42. The Kier molecular flexibility index (Phi) is 5.44. The molecule has 1 fully saturated rings. The largest absolute Gasteiger partial charge is 0.496 e. The van der Waals surface area contributed by atoms with E-state index in [1.54, 1.807) is 7.11 Å². The van der Waals surface area contributed by atoms with Crippen molar-refractivity contribution in [2.45, 2.75) is 52.1 Å². The van der Waals surface area contributed by atoms with Crippen molar-refractivity contribution in [2.75, 3.05) is 25.1 Å². The van der Waals surface area contributed by atoms with Gasteiger partial charge in [0.15, 0.2) is 11.5 Å². The van der Waals surface area contributed by atoms with Crippen LogP contribution in [0.4, 0.5) is 5.82 Å². The highest BCUT2D eigenvalue weighted by molar-refractivity contribution is 5.86. The third kappa shape index (κ3) is 4.37. The van der Waals surface area contributed by atoms with Gasteiger partial charge in [0.2, 0.25) is 0 Å². The smallest absolute Gasteiger partial charge is 0.195 e. The van der Waals surface area contributed by atoms with Crippen LogP contribution in [0.25, 0.3) is 33.4 Å². The molecular formula is C26H31N5O2. The third-order valence-electron chi connectivity index (χ3n) is 6.01. The molecule has 0 aliphatic carbocycles. The van der Waals surface area contributed by atoms with E-state index in [-0.39, 0.29) is 5.54 Å². The molecule has 0 amide bonds. The van der Waals surface area contributed by atoms with Crippen molar-refractivity contribution in [3.8, 4) is 17.0 Å². The molecule has 0 saturated carbocycles. The number of ether oxygens (including phenoxy) is 1. The molecule has 4 heterocycles. The lowest BCUT2D eigenvalue weighted by Gasteiger charge is -2.26. The van der Waals surface area contributed by atoms with Crippen LogP contribution in [0, 0.1) is 0 Å². The van der Waals surface area contributed by atoms with Gasteiger partial charge in [-0.05, 0) is 57.5 Å². The Balaban J connectivity index is 1.44. The minimum Gasteiger partial charge on any atom is -0.496 e. The zero-order valence-corrected chi connectivity index (χ0v) is 20.0. The van der Waals surface area contributed by atoms with E-state index in [0.717, 1.165) is 70.9 Å². The number of benzene rings is 1. The van der Waals surface area contributed by atoms with Gasteiger partial charge >= 0.3 is 0 Å². The van der Waals surface area contributed by atoms with E-state index < -0.39 is 0 Å². The van der Waals surface area contributed by atoms with Gasteiger partial charge in [-0.15, -0.1) is 0 Å². The monoisotopic (exact) mass is 445 g/mol. The van der Waals surface area contributed by atoms with Gasteiger partial charge in [0.1, 0.15) is 17.1 Å². The molecule has 7 heteroatoms. The molecule has 0 spiro atoms. The average molecular weight is 446 g/mol. The maximum Gasteiger partial charge on any atom is 0.195 e. The number of aryl methyl sites for hydroxylation is 1. The number of hydrogen-bond donors (Lipinski definition) is 1. The third-order valence-corrected chi connectivity index (χ3v) is 6.01. The summed E-state index contributed by atoms with van der Waals surface area (Å²) in [5.41, 5.74) is 5.09. The predicted molar refractivity (Wildman–Crippen MR) is 132 cm³/mol. The molecule has 1 aliphatic rings. The molecule has 4 aromatic rings. The first-order valence-electron chi connectivity index (χ1n) is 11.6. The molecule has 33 heavy (non-hydrogen) atoms. The highest BCUT2D eigenvalue weighted by Gasteiger charge is 2.26. The summed E-state index contributed by atoms with van der Waals surface area (Å²) in [4.78, 5) is 16.6. The summed E-state index contributed by atoms with van der Waals surface area (Å²) in [5.74, 6) is 2.45. The second kappa shape index (κ2) is 8.30. The van der Waals surface area contributed by atoms with E-state index in [2.05, 4.69) is 48.1 Å². The summed E-state index contributed by atoms with van der Waals surface area (Å²) >= 11 is 0. The molecule has 1 atom stereocenters. The summed E-state index contributed by atoms with van der Waals surface area (Å²) in [6.07, 6.45) is 1.87. The summed E-state index contributed by atoms with van der Waals surface area (Å²) in [6.45, 7) is 10.6. The van der Waals surface area contributed by atoms with Crippen LogP contribution in [0.5, 0.6) is 5.75 Å². The number of anilines is 1. The van der Waals surface area contributed by atoms with Crippen LogP contribution in [0.15, 0.2) is 40.8 Å². The quantitative estimate of drug-likeness (QED) is 0.464. The molecule has 172 valence electrons. The topological polar surface area (TPSA) is 76.3 Å². The van der Waals surface area contributed by atoms with Crippen LogP contribution < -0.4 is 15.0 Å². The molecule has 1 N–H and O–H groups in total. The van der Waals surface area contributed by atoms with Crippen molar-refractivity contribution in [1.29, 1.82) is 0 Å². The fourth-order valence-corrected chi connectivity index (χ4v) is 4.55. The van der Waals surface area contributed by atoms with Crippen molar-refractivity contribution in [3.05, 3.63) is 42.3 Å². The Bertz CT molecular complexity index is 1310. The van der Waals surface area contributed by atoms with E-state index in [4.69, 9.17) is 19.1 Å². The predicted octanol–water partition coefficient (Wildman–Crippen LogP) is 4.98. The summed E-state index contributed by atoms with van der Waals surface area (Å²) in [5, 5.41) is 3.70. The molecule has 1 saturated heterocycles. The second-order valence-electron chi connectivity index (χ2n) is 9.71. The van der Waals surface area contributed by atoms with Gasteiger partial charge in [0, 0.05) is 42.7 Å². The molecule has 0 radical (unpaired) electrons. The SMILES string of the molecule is CCc1nc2cc(OC)c(-c3ccc4nc(N5CCC(NC(C)(C)C)C5)ccc4n3)cc2o1. The van der Waals surface area contributed by atoms with Gasteiger partial charge in [-0.2, -0.15) is 0 Å². The molecular weight excluding hydrogens is 414 g/mol. The zero-order valence-electron chi connectivity index (χ0n) is 20.0. The van der Waals surface area contributed by atoms with E-state index >= 15 is 0 Å². The number of hydrogen-bond acceptors (Lipinski definition) is 7. The lowest BCUT2D eigenvalue weighted by Crippen LogP contribution is -2.44.